The van der Waals surface area contributed by atoms with Gasteiger partial charge in [0.25, 0.3) is 0 Å². The van der Waals surface area contributed by atoms with Gasteiger partial charge in [-0.05, 0) is 6.92 Å². The van der Waals surface area contributed by atoms with Crippen LogP contribution in [0.15, 0.2) is 0 Å². The third-order valence-corrected chi connectivity index (χ3v) is 1.98. The SMILES string of the molecule is C[C@H](CN)NC(=O)C1COCCN1. The summed E-state index contributed by atoms with van der Waals surface area (Å²) in [6.07, 6.45) is 0. The Hall–Kier alpha value is -0.650. The summed E-state index contributed by atoms with van der Waals surface area (Å²) in [5.74, 6) is -0.0300. The van der Waals surface area contributed by atoms with Crippen LogP contribution < -0.4 is 16.4 Å². The first kappa shape index (κ1) is 10.4. The number of nitrogens with one attached hydrogen (secondary N) is 2. The van der Waals surface area contributed by atoms with Gasteiger partial charge in [-0.1, -0.05) is 0 Å². The van der Waals surface area contributed by atoms with Crippen LogP contribution in [-0.4, -0.2) is 44.3 Å². The molecule has 4 N–H and O–H groups in total. The lowest BCUT2D eigenvalue weighted by atomic mass is 10.2. The smallest absolute Gasteiger partial charge is 0.239 e. The van der Waals surface area contributed by atoms with E-state index in [2.05, 4.69) is 10.6 Å². The molecule has 0 aromatic rings. The molecule has 0 spiro atoms. The molecule has 1 aliphatic heterocycles. The van der Waals surface area contributed by atoms with Crippen molar-refractivity contribution < 1.29 is 9.53 Å². The average molecular weight is 187 g/mol. The number of amides is 1. The van der Waals surface area contributed by atoms with Gasteiger partial charge in [0.15, 0.2) is 0 Å². The zero-order valence-corrected chi connectivity index (χ0v) is 7.88. The molecule has 1 saturated heterocycles. The van der Waals surface area contributed by atoms with Gasteiger partial charge in [0.1, 0.15) is 6.04 Å². The summed E-state index contributed by atoms with van der Waals surface area (Å²) in [6, 6.07) is -0.195. The van der Waals surface area contributed by atoms with Crippen LogP contribution in [0.5, 0.6) is 0 Å². The van der Waals surface area contributed by atoms with Crippen LogP contribution in [-0.2, 0) is 9.53 Å². The number of nitrogens with two attached hydrogens (primary N) is 1. The Labute approximate surface area is 78.0 Å². The van der Waals surface area contributed by atoms with E-state index in [0.29, 0.717) is 19.8 Å². The molecule has 2 atom stereocenters. The predicted molar refractivity (Wildman–Crippen MR) is 49.3 cm³/mol. The zero-order chi connectivity index (χ0) is 9.68. The second-order valence-corrected chi connectivity index (χ2v) is 3.23. The van der Waals surface area contributed by atoms with Crippen LogP contribution in [0.3, 0.4) is 0 Å². The summed E-state index contributed by atoms with van der Waals surface area (Å²) < 4.78 is 5.16. The molecule has 5 heteroatoms. The van der Waals surface area contributed by atoms with E-state index in [0.717, 1.165) is 6.54 Å². The molecule has 13 heavy (non-hydrogen) atoms. The first-order valence-corrected chi connectivity index (χ1v) is 4.55. The van der Waals surface area contributed by atoms with Crippen LogP contribution in [0.25, 0.3) is 0 Å². The molecule has 0 aromatic carbocycles. The van der Waals surface area contributed by atoms with E-state index in [1.54, 1.807) is 0 Å². The van der Waals surface area contributed by atoms with Crippen molar-refractivity contribution in [1.29, 1.82) is 0 Å². The summed E-state index contributed by atoms with van der Waals surface area (Å²) in [4.78, 5) is 11.5. The van der Waals surface area contributed by atoms with E-state index < -0.39 is 0 Å². The minimum atomic E-state index is -0.220. The van der Waals surface area contributed by atoms with Gasteiger partial charge in [-0.2, -0.15) is 0 Å². The molecule has 1 heterocycles. The van der Waals surface area contributed by atoms with Crippen molar-refractivity contribution in [2.45, 2.75) is 19.0 Å². The first-order valence-electron chi connectivity index (χ1n) is 4.55. The van der Waals surface area contributed by atoms with Gasteiger partial charge in [0.2, 0.25) is 5.91 Å². The topological polar surface area (TPSA) is 76.4 Å². The van der Waals surface area contributed by atoms with E-state index >= 15 is 0 Å². The van der Waals surface area contributed by atoms with Crippen molar-refractivity contribution in [3.05, 3.63) is 0 Å². The number of carbonyl (C=O) groups is 1. The molecule has 0 aromatic heterocycles. The maximum atomic E-state index is 11.5. The third kappa shape index (κ3) is 3.30. The fraction of sp³-hybridized carbons (Fsp3) is 0.875. The van der Waals surface area contributed by atoms with E-state index in [4.69, 9.17) is 10.5 Å². The zero-order valence-electron chi connectivity index (χ0n) is 7.88. The molecule has 76 valence electrons. The second-order valence-electron chi connectivity index (χ2n) is 3.23. The largest absolute Gasteiger partial charge is 0.378 e. The Bertz CT molecular complexity index is 169. The Kier molecular flexibility index (Phi) is 4.14. The third-order valence-electron chi connectivity index (χ3n) is 1.98. The summed E-state index contributed by atoms with van der Waals surface area (Å²) >= 11 is 0. The first-order chi connectivity index (χ1) is 6.24. The highest BCUT2D eigenvalue weighted by atomic mass is 16.5. The summed E-state index contributed by atoms with van der Waals surface area (Å²) in [7, 11) is 0. The second kappa shape index (κ2) is 5.16. The Morgan fingerprint density at radius 1 is 1.85 bits per heavy atom. The average Bonchev–Trinajstić information content (AvgIpc) is 2.19. The Morgan fingerprint density at radius 3 is 3.15 bits per heavy atom. The van der Waals surface area contributed by atoms with Crippen molar-refractivity contribution in [1.82, 2.24) is 10.6 Å². The fourth-order valence-corrected chi connectivity index (χ4v) is 1.14. The highest BCUT2D eigenvalue weighted by molar-refractivity contribution is 5.82. The highest BCUT2D eigenvalue weighted by Gasteiger charge is 2.21. The van der Waals surface area contributed by atoms with Crippen LogP contribution >= 0.6 is 0 Å². The maximum Gasteiger partial charge on any atom is 0.239 e. The van der Waals surface area contributed by atoms with Gasteiger partial charge >= 0.3 is 0 Å². The number of rotatable bonds is 3. The van der Waals surface area contributed by atoms with Gasteiger partial charge in [0.05, 0.1) is 13.2 Å². The lowest BCUT2D eigenvalue weighted by Crippen LogP contribution is -2.53. The monoisotopic (exact) mass is 187 g/mol. The molecule has 1 rings (SSSR count). The molecule has 5 nitrogen and oxygen atoms in total. The molecular weight excluding hydrogens is 170 g/mol. The van der Waals surface area contributed by atoms with Gasteiger partial charge in [-0.25, -0.2) is 0 Å². The molecule has 0 bridgehead atoms. The minimum Gasteiger partial charge on any atom is -0.378 e. The number of hydrogen-bond donors (Lipinski definition) is 3. The molecule has 1 fully saturated rings. The number of hydrogen-bond acceptors (Lipinski definition) is 4. The molecule has 0 radical (unpaired) electrons. The van der Waals surface area contributed by atoms with E-state index in [1.165, 1.54) is 0 Å². The molecule has 1 amide bonds. The van der Waals surface area contributed by atoms with E-state index in [9.17, 15) is 4.79 Å². The van der Waals surface area contributed by atoms with Crippen LogP contribution in [0.4, 0.5) is 0 Å². The summed E-state index contributed by atoms with van der Waals surface area (Å²) in [5, 5.41) is 5.86. The van der Waals surface area contributed by atoms with Crippen molar-refractivity contribution >= 4 is 5.91 Å². The molecule has 1 aliphatic rings. The number of morpholine rings is 1. The predicted octanol–water partition coefficient (Wildman–Crippen LogP) is -1.56. The highest BCUT2D eigenvalue weighted by Crippen LogP contribution is 1.93. The number of carbonyl (C=O) groups excluding carboxylic acids is 1. The molecular formula is C8H17N3O2. The van der Waals surface area contributed by atoms with Gasteiger partial charge in [-0.3, -0.25) is 4.79 Å². The van der Waals surface area contributed by atoms with Gasteiger partial charge in [0, 0.05) is 19.1 Å². The normalized spacial score (nSPS) is 25.2. The van der Waals surface area contributed by atoms with Crippen molar-refractivity contribution in [2.24, 2.45) is 5.73 Å². The van der Waals surface area contributed by atoms with E-state index in [1.807, 2.05) is 6.92 Å². The standard InChI is InChI=1S/C8H17N3O2/c1-6(4-9)11-8(12)7-5-13-3-2-10-7/h6-7,10H,2-5,9H2,1H3,(H,11,12)/t6-,7?/m1/s1. The number of ether oxygens (including phenoxy) is 1. The van der Waals surface area contributed by atoms with Crippen molar-refractivity contribution in [3.63, 3.8) is 0 Å². The fourth-order valence-electron chi connectivity index (χ4n) is 1.14. The Balaban J connectivity index is 2.29. The lowest BCUT2D eigenvalue weighted by Gasteiger charge is -2.24. The minimum absolute atomic E-state index is 0.0243. The lowest BCUT2D eigenvalue weighted by molar-refractivity contribution is -0.126. The maximum absolute atomic E-state index is 11.5. The molecule has 0 saturated carbocycles. The van der Waals surface area contributed by atoms with E-state index in [-0.39, 0.29) is 18.0 Å². The van der Waals surface area contributed by atoms with Crippen LogP contribution in [0, 0.1) is 0 Å². The Morgan fingerprint density at radius 2 is 2.62 bits per heavy atom. The van der Waals surface area contributed by atoms with Gasteiger partial charge in [-0.15, -0.1) is 0 Å². The van der Waals surface area contributed by atoms with Crippen LogP contribution in [0.1, 0.15) is 6.92 Å². The quantitative estimate of drug-likeness (QED) is 0.499. The van der Waals surface area contributed by atoms with Crippen molar-refractivity contribution in [3.8, 4) is 0 Å². The molecule has 0 aliphatic carbocycles. The summed E-state index contributed by atoms with van der Waals surface area (Å²) in [5.41, 5.74) is 5.38. The molecule has 1 unspecified atom stereocenters. The van der Waals surface area contributed by atoms with Crippen molar-refractivity contribution in [2.75, 3.05) is 26.3 Å². The van der Waals surface area contributed by atoms with Gasteiger partial charge < -0.3 is 21.1 Å². The van der Waals surface area contributed by atoms with Crippen LogP contribution in [0.2, 0.25) is 0 Å². The summed E-state index contributed by atoms with van der Waals surface area (Å²) in [6.45, 7) is 4.19.